The van der Waals surface area contributed by atoms with Gasteiger partial charge >= 0.3 is 0 Å². The van der Waals surface area contributed by atoms with Gasteiger partial charge in [0.2, 0.25) is 6.79 Å². The first-order chi connectivity index (χ1) is 6.77. The van der Waals surface area contributed by atoms with E-state index in [4.69, 9.17) is 9.47 Å². The lowest BCUT2D eigenvalue weighted by atomic mass is 10.1. The fourth-order valence-corrected chi connectivity index (χ4v) is 1.55. The van der Waals surface area contributed by atoms with Crippen LogP contribution in [0, 0.1) is 0 Å². The van der Waals surface area contributed by atoms with Crippen molar-refractivity contribution in [2.75, 3.05) is 6.79 Å². The Hall–Kier alpha value is -1.45. The number of nitrogens with one attached hydrogen (secondary N) is 1. The Labute approximate surface area is 82.2 Å². The van der Waals surface area contributed by atoms with Crippen LogP contribution < -0.4 is 9.47 Å². The van der Waals surface area contributed by atoms with E-state index in [9.17, 15) is 4.79 Å². The number of hydrogen-bond acceptors (Lipinski definition) is 3. The summed E-state index contributed by atoms with van der Waals surface area (Å²) in [5.74, 6) is 1.82. The normalized spacial score (nSPS) is 13.2. The van der Waals surface area contributed by atoms with E-state index in [-0.39, 0.29) is 5.78 Å². The van der Waals surface area contributed by atoms with Crippen LogP contribution in [0.15, 0.2) is 6.20 Å². The highest BCUT2D eigenvalue weighted by molar-refractivity contribution is 5.75. The second kappa shape index (κ2) is 3.74. The molecule has 4 nitrogen and oxygen atoms in total. The van der Waals surface area contributed by atoms with Crippen molar-refractivity contribution in [3.05, 3.63) is 11.9 Å². The number of aromatic amines is 1. The van der Waals surface area contributed by atoms with E-state index >= 15 is 0 Å². The number of fused-ring (bicyclic) bond motifs is 1. The Morgan fingerprint density at radius 3 is 3.21 bits per heavy atom. The molecule has 0 bridgehead atoms. The first kappa shape index (κ1) is 9.12. The van der Waals surface area contributed by atoms with Crippen LogP contribution in [0.3, 0.4) is 0 Å². The van der Waals surface area contributed by atoms with Gasteiger partial charge in [-0.15, -0.1) is 0 Å². The molecule has 0 saturated carbocycles. The number of ketones is 1. The van der Waals surface area contributed by atoms with E-state index in [0.717, 1.165) is 30.0 Å². The van der Waals surface area contributed by atoms with Crippen LogP contribution >= 0.6 is 0 Å². The van der Waals surface area contributed by atoms with Crippen LogP contribution in [0.2, 0.25) is 0 Å². The summed E-state index contributed by atoms with van der Waals surface area (Å²) in [6, 6.07) is 0. The highest BCUT2D eigenvalue weighted by atomic mass is 16.7. The third-order valence-corrected chi connectivity index (χ3v) is 2.25. The smallest absolute Gasteiger partial charge is 0.231 e. The lowest BCUT2D eigenvalue weighted by Crippen LogP contribution is -1.98. The molecule has 1 N–H and O–H groups in total. The molecule has 14 heavy (non-hydrogen) atoms. The number of carbonyl (C=O) groups excluding carboxylic acids is 1. The highest BCUT2D eigenvalue weighted by Gasteiger charge is 2.19. The molecule has 2 heterocycles. The predicted octanol–water partition coefficient (Wildman–Crippen LogP) is 1.66. The summed E-state index contributed by atoms with van der Waals surface area (Å²) in [6.07, 6.45) is 4.10. The van der Waals surface area contributed by atoms with E-state index in [1.165, 1.54) is 0 Å². The minimum absolute atomic E-state index is 0.227. The van der Waals surface area contributed by atoms with Crippen molar-refractivity contribution < 1.29 is 14.3 Å². The lowest BCUT2D eigenvalue weighted by molar-refractivity contribution is -0.117. The maximum Gasteiger partial charge on any atom is 0.231 e. The predicted molar refractivity (Wildman–Crippen MR) is 50.5 cm³/mol. The zero-order valence-corrected chi connectivity index (χ0v) is 8.13. The molecule has 1 aliphatic heterocycles. The maximum absolute atomic E-state index is 10.7. The van der Waals surface area contributed by atoms with Gasteiger partial charge in [-0.05, 0) is 19.8 Å². The van der Waals surface area contributed by atoms with Crippen molar-refractivity contribution in [1.29, 1.82) is 0 Å². The molecule has 0 aliphatic carbocycles. The van der Waals surface area contributed by atoms with Gasteiger partial charge in [0.25, 0.3) is 0 Å². The van der Waals surface area contributed by atoms with E-state index in [0.29, 0.717) is 13.2 Å². The Kier molecular flexibility index (Phi) is 2.43. The number of hydrogen-bond donors (Lipinski definition) is 1. The van der Waals surface area contributed by atoms with Gasteiger partial charge in [-0.2, -0.15) is 0 Å². The molecule has 4 heteroatoms. The molecule has 0 fully saturated rings. The van der Waals surface area contributed by atoms with Crippen LogP contribution in [0.4, 0.5) is 0 Å². The van der Waals surface area contributed by atoms with Gasteiger partial charge in [-0.25, -0.2) is 0 Å². The molecule has 1 aromatic rings. The number of carbonyl (C=O) groups is 1. The van der Waals surface area contributed by atoms with E-state index in [1.807, 2.05) is 0 Å². The first-order valence-electron chi connectivity index (χ1n) is 4.72. The standard InChI is InChI=1S/C10H13NO3/c1-7(12)3-2-4-8-10-9(5-11-8)13-6-14-10/h5,11H,2-4,6H2,1H3. The van der Waals surface area contributed by atoms with Gasteiger partial charge in [0.05, 0.1) is 5.69 Å². The number of aryl methyl sites for hydroxylation is 1. The van der Waals surface area contributed by atoms with Crippen molar-refractivity contribution in [3.63, 3.8) is 0 Å². The summed E-state index contributed by atoms with van der Waals surface area (Å²) in [6.45, 7) is 1.91. The van der Waals surface area contributed by atoms with Crippen molar-refractivity contribution in [3.8, 4) is 11.5 Å². The van der Waals surface area contributed by atoms with Crippen molar-refractivity contribution in [2.45, 2.75) is 26.2 Å². The van der Waals surface area contributed by atoms with Crippen LogP contribution in [0.5, 0.6) is 11.5 Å². The SMILES string of the molecule is CC(=O)CCCc1[nH]cc2c1OCO2. The van der Waals surface area contributed by atoms with Crippen molar-refractivity contribution in [2.24, 2.45) is 0 Å². The molecule has 0 atom stereocenters. The second-order valence-corrected chi connectivity index (χ2v) is 3.42. The Bertz CT molecular complexity index is 343. The number of aromatic nitrogens is 1. The van der Waals surface area contributed by atoms with Gasteiger partial charge < -0.3 is 19.3 Å². The summed E-state index contributed by atoms with van der Waals surface area (Å²) in [4.78, 5) is 13.8. The minimum Gasteiger partial charge on any atom is -0.452 e. The quantitative estimate of drug-likeness (QED) is 0.794. The zero-order valence-electron chi connectivity index (χ0n) is 8.13. The lowest BCUT2D eigenvalue weighted by Gasteiger charge is -1.99. The first-order valence-corrected chi connectivity index (χ1v) is 4.72. The number of rotatable bonds is 4. The van der Waals surface area contributed by atoms with E-state index in [1.54, 1.807) is 13.1 Å². The average molecular weight is 195 g/mol. The van der Waals surface area contributed by atoms with Crippen LogP contribution in [-0.2, 0) is 11.2 Å². The van der Waals surface area contributed by atoms with Crippen LogP contribution in [-0.4, -0.2) is 17.6 Å². The minimum atomic E-state index is 0.227. The molecule has 0 amide bonds. The van der Waals surface area contributed by atoms with Gasteiger partial charge in [0.15, 0.2) is 11.5 Å². The molecular weight excluding hydrogens is 182 g/mol. The van der Waals surface area contributed by atoms with Crippen molar-refractivity contribution in [1.82, 2.24) is 4.98 Å². The summed E-state index contributed by atoms with van der Waals surface area (Å²) < 4.78 is 10.5. The van der Waals surface area contributed by atoms with Crippen molar-refractivity contribution >= 4 is 5.78 Å². The Morgan fingerprint density at radius 1 is 1.57 bits per heavy atom. The summed E-state index contributed by atoms with van der Waals surface area (Å²) in [7, 11) is 0. The summed E-state index contributed by atoms with van der Waals surface area (Å²) in [5.41, 5.74) is 1.03. The zero-order chi connectivity index (χ0) is 9.97. The topological polar surface area (TPSA) is 51.3 Å². The summed E-state index contributed by atoms with van der Waals surface area (Å²) >= 11 is 0. The summed E-state index contributed by atoms with van der Waals surface area (Å²) in [5, 5.41) is 0. The average Bonchev–Trinajstić information content (AvgIpc) is 2.67. The Balaban J connectivity index is 1.93. The molecule has 1 aliphatic rings. The van der Waals surface area contributed by atoms with Crippen LogP contribution in [0.25, 0.3) is 0 Å². The molecule has 0 aromatic carbocycles. The third kappa shape index (κ3) is 1.73. The molecule has 2 rings (SSSR count). The molecule has 1 aromatic heterocycles. The Morgan fingerprint density at radius 2 is 2.43 bits per heavy atom. The molecule has 0 unspecified atom stereocenters. The van der Waals surface area contributed by atoms with E-state index < -0.39 is 0 Å². The molecule has 0 radical (unpaired) electrons. The van der Waals surface area contributed by atoms with Gasteiger partial charge in [-0.3, -0.25) is 0 Å². The molecule has 0 saturated heterocycles. The third-order valence-electron chi connectivity index (χ3n) is 2.25. The second-order valence-electron chi connectivity index (χ2n) is 3.42. The van der Waals surface area contributed by atoms with Gasteiger partial charge in [0.1, 0.15) is 5.78 Å². The highest BCUT2D eigenvalue weighted by Crippen LogP contribution is 2.35. The monoisotopic (exact) mass is 195 g/mol. The fraction of sp³-hybridized carbons (Fsp3) is 0.500. The molecule has 76 valence electrons. The largest absolute Gasteiger partial charge is 0.452 e. The fourth-order valence-electron chi connectivity index (χ4n) is 1.55. The maximum atomic E-state index is 10.7. The number of Topliss-reactive ketones (excluding diaryl/α,β-unsaturated/α-hetero) is 1. The van der Waals surface area contributed by atoms with E-state index in [2.05, 4.69) is 4.98 Å². The number of ether oxygens (including phenoxy) is 2. The number of H-pyrrole nitrogens is 1. The molecule has 0 spiro atoms. The van der Waals surface area contributed by atoms with Crippen LogP contribution in [0.1, 0.15) is 25.5 Å². The van der Waals surface area contributed by atoms with Gasteiger partial charge in [-0.1, -0.05) is 0 Å². The van der Waals surface area contributed by atoms with Gasteiger partial charge in [0, 0.05) is 12.6 Å². The molecular formula is C10H13NO3.